The predicted molar refractivity (Wildman–Crippen MR) is 38.5 cm³/mol. The third kappa shape index (κ3) is 1.48. The topological polar surface area (TPSA) is 107 Å². The molecular weight excluding hydrogens is 176 g/mol. The fraction of sp³-hybridized carbons (Fsp3) is 0. The molecule has 5 N–H and O–H groups in total. The molecule has 1 rings (SSSR count). The molecule has 0 aliphatic carbocycles. The van der Waals surface area contributed by atoms with E-state index in [0.717, 1.165) is 21.9 Å². The second-order valence-electron chi connectivity index (χ2n) is 1.53. The van der Waals surface area contributed by atoms with Crippen molar-refractivity contribution in [3.05, 3.63) is 10.0 Å². The van der Waals surface area contributed by atoms with Crippen LogP contribution in [0.25, 0.3) is 0 Å². The molecule has 0 spiro atoms. The summed E-state index contributed by atoms with van der Waals surface area (Å²) in [4.78, 5) is 0. The number of hydrogen-bond acceptors (Lipinski definition) is 4. The van der Waals surface area contributed by atoms with Crippen molar-refractivity contribution in [1.82, 2.24) is 9.28 Å². The van der Waals surface area contributed by atoms with Crippen molar-refractivity contribution < 1.29 is 8.76 Å². The average Bonchev–Trinajstić information content (AvgIpc) is 2.11. The van der Waals surface area contributed by atoms with Gasteiger partial charge in [0.25, 0.3) is 0 Å². The Kier molecular flexibility index (Phi) is 1.68. The zero-order valence-electron chi connectivity index (χ0n) is 4.80. The van der Waals surface area contributed by atoms with Gasteiger partial charge in [0, 0.05) is 0 Å². The number of rotatable bonds is 0. The SMILES string of the molecule is Nn1ncc(=S(N)(=O)O)s1. The van der Waals surface area contributed by atoms with E-state index >= 15 is 0 Å². The van der Waals surface area contributed by atoms with Gasteiger partial charge in [0.05, 0.1) is 6.20 Å². The van der Waals surface area contributed by atoms with Crippen LogP contribution in [0.5, 0.6) is 0 Å². The third-order valence-electron chi connectivity index (χ3n) is 0.749. The summed E-state index contributed by atoms with van der Waals surface area (Å²) < 4.78 is 20.4. The highest BCUT2D eigenvalue weighted by Crippen LogP contribution is 1.96. The summed E-state index contributed by atoms with van der Waals surface area (Å²) in [7, 11) is -3.38. The van der Waals surface area contributed by atoms with Gasteiger partial charge < -0.3 is 10.4 Å². The van der Waals surface area contributed by atoms with Crippen LogP contribution in [-0.2, 0) is 9.99 Å². The van der Waals surface area contributed by atoms with E-state index in [9.17, 15) is 4.21 Å². The first-order valence-electron chi connectivity index (χ1n) is 2.18. The molecule has 0 fully saturated rings. The Morgan fingerprint density at radius 2 is 2.50 bits per heavy atom. The van der Waals surface area contributed by atoms with Crippen LogP contribution in [0.15, 0.2) is 6.20 Å². The van der Waals surface area contributed by atoms with Crippen molar-refractivity contribution in [1.29, 1.82) is 0 Å². The summed E-state index contributed by atoms with van der Waals surface area (Å²) in [6, 6.07) is 0. The Hall–Kier alpha value is -0.570. The second kappa shape index (κ2) is 2.23. The van der Waals surface area contributed by atoms with Crippen molar-refractivity contribution in [2.75, 3.05) is 5.84 Å². The maximum absolute atomic E-state index is 10.6. The van der Waals surface area contributed by atoms with Crippen molar-refractivity contribution >= 4 is 21.5 Å². The molecule has 0 amide bonds. The number of hydrogen-bond donors (Lipinski definition) is 3. The van der Waals surface area contributed by atoms with Gasteiger partial charge in [-0.2, -0.15) is 0 Å². The molecule has 10 heavy (non-hydrogen) atoms. The van der Waals surface area contributed by atoms with Gasteiger partial charge in [-0.25, -0.2) is 9.35 Å². The number of aromatic nitrogens is 2. The first-order chi connectivity index (χ1) is 4.50. The second-order valence-corrected chi connectivity index (χ2v) is 4.36. The lowest BCUT2D eigenvalue weighted by Crippen LogP contribution is -2.09. The highest BCUT2D eigenvalue weighted by molar-refractivity contribution is 7.89. The molecule has 0 radical (unpaired) electrons. The molecule has 1 aromatic heterocycles. The van der Waals surface area contributed by atoms with Gasteiger partial charge in [0.2, 0.25) is 0 Å². The van der Waals surface area contributed by atoms with E-state index in [4.69, 9.17) is 15.5 Å². The molecule has 6 nitrogen and oxygen atoms in total. The third-order valence-corrected chi connectivity index (χ3v) is 2.94. The normalized spacial score (nSPS) is 16.6. The Bertz CT molecular complexity index is 361. The van der Waals surface area contributed by atoms with Gasteiger partial charge in [0.15, 0.2) is 13.8 Å². The summed E-state index contributed by atoms with van der Waals surface area (Å²) in [5.74, 6) is 5.11. The minimum atomic E-state index is -3.38. The van der Waals surface area contributed by atoms with Gasteiger partial charge in [-0.3, -0.25) is 0 Å². The fourth-order valence-corrected chi connectivity index (χ4v) is 1.60. The highest BCUT2D eigenvalue weighted by atomic mass is 32.2. The molecule has 1 heterocycles. The molecule has 0 saturated carbocycles. The maximum Gasteiger partial charge on any atom is 0.162 e. The standard InChI is InChI=1S/C2H6N4O2S2/c3-6-5-1-2(9-6)10(4,7)8/h1H,3H2,(H3,4,7,8). The molecule has 1 unspecified atom stereocenters. The van der Waals surface area contributed by atoms with E-state index in [1.165, 1.54) is 0 Å². The first kappa shape index (κ1) is 7.54. The molecule has 0 saturated heterocycles. The summed E-state index contributed by atoms with van der Waals surface area (Å²) >= 11 is 0.828. The Morgan fingerprint density at radius 1 is 1.90 bits per heavy atom. The van der Waals surface area contributed by atoms with Crippen LogP contribution in [0.3, 0.4) is 0 Å². The molecule has 0 bridgehead atoms. The zero-order chi connectivity index (χ0) is 7.78. The van der Waals surface area contributed by atoms with Crippen LogP contribution >= 0.6 is 11.5 Å². The van der Waals surface area contributed by atoms with E-state index < -0.39 is 9.99 Å². The maximum atomic E-state index is 10.6. The van der Waals surface area contributed by atoms with Crippen molar-refractivity contribution in [3.8, 4) is 0 Å². The summed E-state index contributed by atoms with van der Waals surface area (Å²) in [6.45, 7) is 0. The Labute approximate surface area is 61.2 Å². The molecule has 58 valence electrons. The monoisotopic (exact) mass is 182 g/mol. The lowest BCUT2D eigenvalue weighted by atomic mass is 11.0. The number of nitrogens with zero attached hydrogens (tertiary/aromatic N) is 2. The average molecular weight is 182 g/mol. The van der Waals surface area contributed by atoms with Crippen LogP contribution in [0.2, 0.25) is 0 Å². The highest BCUT2D eigenvalue weighted by Gasteiger charge is 1.96. The molecule has 0 aromatic carbocycles. The summed E-state index contributed by atoms with van der Waals surface area (Å²) in [6.07, 6.45) is 1.16. The molecule has 0 aliphatic heterocycles. The molecule has 8 heteroatoms. The smallest absolute Gasteiger partial charge is 0.162 e. The van der Waals surface area contributed by atoms with E-state index in [1.54, 1.807) is 0 Å². The van der Waals surface area contributed by atoms with Crippen molar-refractivity contribution in [2.24, 2.45) is 5.14 Å². The first-order valence-corrected chi connectivity index (χ1v) is 4.53. The molecule has 1 atom stereocenters. The van der Waals surface area contributed by atoms with E-state index in [2.05, 4.69) is 5.10 Å². The van der Waals surface area contributed by atoms with Gasteiger partial charge >= 0.3 is 0 Å². The quantitative estimate of drug-likeness (QED) is 0.347. The van der Waals surface area contributed by atoms with E-state index in [-0.39, 0.29) is 3.82 Å². The van der Waals surface area contributed by atoms with E-state index in [1.807, 2.05) is 0 Å². The Balaban J connectivity index is 3.61. The van der Waals surface area contributed by atoms with Gasteiger partial charge in [-0.1, -0.05) is 0 Å². The minimum absolute atomic E-state index is 0.0648. The lowest BCUT2D eigenvalue weighted by molar-refractivity contribution is 0.558. The molecule has 1 aromatic rings. The van der Waals surface area contributed by atoms with Crippen molar-refractivity contribution in [2.45, 2.75) is 0 Å². The lowest BCUT2D eigenvalue weighted by Gasteiger charge is -1.85. The Morgan fingerprint density at radius 3 is 2.70 bits per heavy atom. The van der Waals surface area contributed by atoms with Crippen LogP contribution in [-0.4, -0.2) is 18.0 Å². The van der Waals surface area contributed by atoms with E-state index in [0.29, 0.717) is 0 Å². The summed E-state index contributed by atoms with van der Waals surface area (Å²) in [5.41, 5.74) is 0. The predicted octanol–water partition coefficient (Wildman–Crippen LogP) is -1.18. The van der Waals surface area contributed by atoms with Gasteiger partial charge in [-0.05, 0) is 11.5 Å². The molecule has 0 aliphatic rings. The summed E-state index contributed by atoms with van der Waals surface area (Å²) in [5, 5.41) is 8.33. The fourth-order valence-electron chi connectivity index (χ4n) is 0.372. The number of nitrogen functional groups attached to an aromatic ring is 1. The van der Waals surface area contributed by atoms with Crippen LogP contribution < -0.4 is 11.0 Å². The van der Waals surface area contributed by atoms with Gasteiger partial charge in [0.1, 0.15) is 0 Å². The van der Waals surface area contributed by atoms with Gasteiger partial charge in [-0.15, -0.1) is 9.28 Å². The zero-order valence-corrected chi connectivity index (χ0v) is 6.43. The molecular formula is C2H6N4O2S2. The van der Waals surface area contributed by atoms with Crippen LogP contribution in [0.1, 0.15) is 0 Å². The van der Waals surface area contributed by atoms with Crippen LogP contribution in [0, 0.1) is 3.82 Å². The van der Waals surface area contributed by atoms with Crippen LogP contribution in [0.4, 0.5) is 0 Å². The largest absolute Gasteiger partial charge is 0.313 e. The minimum Gasteiger partial charge on any atom is -0.313 e. The number of nitrogens with two attached hydrogens (primary N) is 2. The van der Waals surface area contributed by atoms with Crippen molar-refractivity contribution in [3.63, 3.8) is 0 Å².